The fourth-order valence-corrected chi connectivity index (χ4v) is 2.75. The molecule has 0 unspecified atom stereocenters. The molecule has 0 spiro atoms. The van der Waals surface area contributed by atoms with Crippen molar-refractivity contribution in [1.82, 2.24) is 14.8 Å². The number of rotatable bonds is 5. The van der Waals surface area contributed by atoms with Gasteiger partial charge in [-0.05, 0) is 18.6 Å². The lowest BCUT2D eigenvalue weighted by Crippen LogP contribution is -2.20. The van der Waals surface area contributed by atoms with Gasteiger partial charge in [0.25, 0.3) is 15.2 Å². The van der Waals surface area contributed by atoms with E-state index < -0.39 is 10.0 Å². The van der Waals surface area contributed by atoms with Gasteiger partial charge in [0, 0.05) is 12.7 Å². The maximum Gasteiger partial charge on any atom is 0.273 e. The molecule has 0 saturated heterocycles. The van der Waals surface area contributed by atoms with Gasteiger partial charge in [-0.3, -0.25) is 4.57 Å². The summed E-state index contributed by atoms with van der Waals surface area (Å²) in [5, 5.41) is 12.9. The highest BCUT2D eigenvalue weighted by atomic mass is 35.5. The first-order chi connectivity index (χ1) is 9.86. The number of aryl methyl sites for hydroxylation is 1. The number of nitrogens with zero attached hydrogens (tertiary/aromatic N) is 3. The first-order valence-electron chi connectivity index (χ1n) is 6.06. The minimum Gasteiger partial charge on any atom is -0.383 e. The molecule has 0 atom stereocenters. The predicted octanol–water partition coefficient (Wildman–Crippen LogP) is 1.20. The zero-order valence-electron chi connectivity index (χ0n) is 11.6. The molecular formula is C12H15ClN4O3S. The standard InChI is InChI=1S/C12H15ClN4O3S/c1-8-4-3-5-9(10(8)13)11-15-16-12(21(14,18)19)17(11)6-7-20-2/h3-5H,6-7H2,1-2H3,(H2,14,18,19). The zero-order valence-corrected chi connectivity index (χ0v) is 13.1. The van der Waals surface area contributed by atoms with Crippen LogP contribution in [-0.2, 0) is 21.3 Å². The van der Waals surface area contributed by atoms with E-state index in [2.05, 4.69) is 10.2 Å². The van der Waals surface area contributed by atoms with Crippen LogP contribution in [0.3, 0.4) is 0 Å². The van der Waals surface area contributed by atoms with Gasteiger partial charge in [-0.25, -0.2) is 13.6 Å². The van der Waals surface area contributed by atoms with Crippen LogP contribution in [0, 0.1) is 6.92 Å². The highest BCUT2D eigenvalue weighted by Gasteiger charge is 2.23. The third-order valence-electron chi connectivity index (χ3n) is 2.92. The molecule has 0 saturated carbocycles. The minimum atomic E-state index is -3.98. The Bertz CT molecular complexity index is 758. The van der Waals surface area contributed by atoms with Crippen LogP contribution in [-0.4, -0.2) is 36.9 Å². The van der Waals surface area contributed by atoms with E-state index in [0.29, 0.717) is 16.4 Å². The summed E-state index contributed by atoms with van der Waals surface area (Å²) in [6.07, 6.45) is 0. The maximum atomic E-state index is 11.6. The van der Waals surface area contributed by atoms with Crippen LogP contribution in [0.15, 0.2) is 23.4 Å². The molecule has 0 aliphatic carbocycles. The van der Waals surface area contributed by atoms with Crippen LogP contribution in [0.4, 0.5) is 0 Å². The Morgan fingerprint density at radius 2 is 2.10 bits per heavy atom. The van der Waals surface area contributed by atoms with E-state index in [-0.39, 0.29) is 18.3 Å². The van der Waals surface area contributed by atoms with E-state index in [1.54, 1.807) is 6.07 Å². The number of benzene rings is 1. The molecule has 1 aromatic carbocycles. The van der Waals surface area contributed by atoms with E-state index in [1.807, 2.05) is 19.1 Å². The van der Waals surface area contributed by atoms with Gasteiger partial charge >= 0.3 is 0 Å². The van der Waals surface area contributed by atoms with Crippen LogP contribution in [0.25, 0.3) is 11.4 Å². The number of aromatic nitrogens is 3. The summed E-state index contributed by atoms with van der Waals surface area (Å²) < 4.78 is 29.6. The van der Waals surface area contributed by atoms with E-state index in [4.69, 9.17) is 21.5 Å². The number of nitrogens with two attached hydrogens (primary N) is 1. The lowest BCUT2D eigenvalue weighted by molar-refractivity contribution is 0.185. The molecule has 0 bridgehead atoms. The van der Waals surface area contributed by atoms with Crippen molar-refractivity contribution in [3.8, 4) is 11.4 Å². The molecule has 2 N–H and O–H groups in total. The minimum absolute atomic E-state index is 0.245. The number of ether oxygens (including phenoxy) is 1. The number of sulfonamides is 1. The first-order valence-corrected chi connectivity index (χ1v) is 7.99. The van der Waals surface area contributed by atoms with Crippen LogP contribution in [0.1, 0.15) is 5.56 Å². The molecule has 0 radical (unpaired) electrons. The monoisotopic (exact) mass is 330 g/mol. The highest BCUT2D eigenvalue weighted by Crippen LogP contribution is 2.30. The predicted molar refractivity (Wildman–Crippen MR) is 78.5 cm³/mol. The summed E-state index contributed by atoms with van der Waals surface area (Å²) >= 11 is 6.26. The molecule has 0 amide bonds. The Balaban J connectivity index is 2.64. The van der Waals surface area contributed by atoms with Gasteiger partial charge < -0.3 is 4.74 Å². The molecule has 0 aliphatic rings. The highest BCUT2D eigenvalue weighted by molar-refractivity contribution is 7.89. The average Bonchev–Trinajstić information content (AvgIpc) is 2.83. The van der Waals surface area contributed by atoms with Crippen molar-refractivity contribution in [3.63, 3.8) is 0 Å². The van der Waals surface area contributed by atoms with Gasteiger partial charge in [-0.15, -0.1) is 10.2 Å². The fourth-order valence-electron chi connectivity index (χ4n) is 1.90. The lowest BCUT2D eigenvalue weighted by Gasteiger charge is -2.10. The van der Waals surface area contributed by atoms with Gasteiger partial charge in [-0.2, -0.15) is 0 Å². The zero-order chi connectivity index (χ0) is 15.6. The number of methoxy groups -OCH3 is 1. The summed E-state index contributed by atoms with van der Waals surface area (Å²) in [6.45, 7) is 2.38. The van der Waals surface area contributed by atoms with E-state index in [1.165, 1.54) is 11.7 Å². The molecule has 9 heteroatoms. The van der Waals surface area contributed by atoms with Crippen molar-refractivity contribution in [2.75, 3.05) is 13.7 Å². The summed E-state index contributed by atoms with van der Waals surface area (Å²) in [6, 6.07) is 5.40. The second-order valence-corrected chi connectivity index (χ2v) is 6.27. The van der Waals surface area contributed by atoms with Crippen LogP contribution < -0.4 is 5.14 Å². The topological polar surface area (TPSA) is 100 Å². The third kappa shape index (κ3) is 3.24. The summed E-state index contributed by atoms with van der Waals surface area (Å²) in [7, 11) is -2.47. The molecule has 0 aliphatic heterocycles. The normalized spacial score (nSPS) is 11.8. The van der Waals surface area contributed by atoms with Crippen LogP contribution in [0.2, 0.25) is 5.02 Å². The fraction of sp³-hybridized carbons (Fsp3) is 0.333. The Morgan fingerprint density at radius 1 is 1.38 bits per heavy atom. The second-order valence-electron chi connectivity index (χ2n) is 4.43. The Hall–Kier alpha value is -1.48. The van der Waals surface area contributed by atoms with Gasteiger partial charge in [-0.1, -0.05) is 23.7 Å². The van der Waals surface area contributed by atoms with Crippen molar-refractivity contribution in [3.05, 3.63) is 28.8 Å². The summed E-state index contributed by atoms with van der Waals surface area (Å²) in [4.78, 5) is 0. The second kappa shape index (κ2) is 6.10. The Kier molecular flexibility index (Phi) is 4.62. The molecule has 2 aromatic rings. The van der Waals surface area contributed by atoms with Gasteiger partial charge in [0.15, 0.2) is 5.82 Å². The van der Waals surface area contributed by atoms with Crippen molar-refractivity contribution in [2.24, 2.45) is 5.14 Å². The van der Waals surface area contributed by atoms with Crippen LogP contribution >= 0.6 is 11.6 Å². The van der Waals surface area contributed by atoms with Crippen molar-refractivity contribution < 1.29 is 13.2 Å². The van der Waals surface area contributed by atoms with E-state index in [0.717, 1.165) is 5.56 Å². The molecule has 1 aromatic heterocycles. The SMILES string of the molecule is COCCn1c(-c2cccc(C)c2Cl)nnc1S(N)(=O)=O. The molecule has 21 heavy (non-hydrogen) atoms. The first kappa shape index (κ1) is 15.9. The molecule has 0 fully saturated rings. The van der Waals surface area contributed by atoms with Crippen LogP contribution in [0.5, 0.6) is 0 Å². The maximum absolute atomic E-state index is 11.6. The van der Waals surface area contributed by atoms with Gasteiger partial charge in [0.2, 0.25) is 0 Å². The number of hydrogen-bond donors (Lipinski definition) is 1. The number of primary sulfonamides is 1. The van der Waals surface area contributed by atoms with Crippen molar-refractivity contribution in [1.29, 1.82) is 0 Å². The Labute approximate surface area is 127 Å². The van der Waals surface area contributed by atoms with E-state index in [9.17, 15) is 8.42 Å². The number of hydrogen-bond acceptors (Lipinski definition) is 5. The molecule has 7 nitrogen and oxygen atoms in total. The summed E-state index contributed by atoms with van der Waals surface area (Å²) in [5.74, 6) is 0.338. The molecule has 1 heterocycles. The van der Waals surface area contributed by atoms with Crippen molar-refractivity contribution >= 4 is 21.6 Å². The molecule has 114 valence electrons. The van der Waals surface area contributed by atoms with Crippen molar-refractivity contribution in [2.45, 2.75) is 18.6 Å². The van der Waals surface area contributed by atoms with Gasteiger partial charge in [0.05, 0.1) is 18.2 Å². The summed E-state index contributed by atoms with van der Waals surface area (Å²) in [5.41, 5.74) is 1.45. The Morgan fingerprint density at radius 3 is 2.71 bits per heavy atom. The largest absolute Gasteiger partial charge is 0.383 e. The smallest absolute Gasteiger partial charge is 0.273 e. The third-order valence-corrected chi connectivity index (χ3v) is 4.24. The molecule has 2 rings (SSSR count). The number of halogens is 1. The quantitative estimate of drug-likeness (QED) is 0.887. The van der Waals surface area contributed by atoms with E-state index >= 15 is 0 Å². The molecular weight excluding hydrogens is 316 g/mol. The van der Waals surface area contributed by atoms with Gasteiger partial charge in [0.1, 0.15) is 0 Å². The lowest BCUT2D eigenvalue weighted by atomic mass is 10.1. The average molecular weight is 331 g/mol.